The Bertz CT molecular complexity index is 227. The first-order chi connectivity index (χ1) is 4.20. The maximum Gasteiger partial charge on any atom is -0.107 e. The van der Waals surface area contributed by atoms with E-state index < -0.39 is 0 Å². The maximum absolute atomic E-state index is 5.76. The van der Waals surface area contributed by atoms with Gasteiger partial charge in [0.15, 0.2) is 0 Å². The molecule has 0 fully saturated rings. The summed E-state index contributed by atoms with van der Waals surface area (Å²) in [5, 5.41) is 1.49. The molecule has 1 aromatic carbocycles. The molecule has 0 aliphatic rings. The Balaban J connectivity index is 0.000000810. The van der Waals surface area contributed by atoms with Crippen LogP contribution < -0.4 is 4.16 Å². The van der Waals surface area contributed by atoms with E-state index in [-0.39, 0.29) is 24.0 Å². The summed E-state index contributed by atoms with van der Waals surface area (Å²) in [5.74, 6) is 0. The Morgan fingerprint density at radius 3 is 2.20 bits per heavy atom. The van der Waals surface area contributed by atoms with Crippen LogP contribution in [0.25, 0.3) is 0 Å². The van der Waals surface area contributed by atoms with Gasteiger partial charge < -0.3 is 0 Å². The summed E-state index contributed by atoms with van der Waals surface area (Å²) < 4.78 is 1.18. The normalized spacial score (nSPS) is 8.80. The van der Waals surface area contributed by atoms with Gasteiger partial charge in [-0.15, -0.1) is 24.0 Å². The van der Waals surface area contributed by atoms with Gasteiger partial charge in [0, 0.05) is 0 Å². The fourth-order valence-corrected chi connectivity index (χ4v) is 1.39. The molecule has 1 rings (SSSR count). The Morgan fingerprint density at radius 1 is 1.20 bits per heavy atom. The molecule has 0 saturated heterocycles. The SMILES string of the molecule is Clc1cc[c]([Zn])c(Cl)c1.I. The maximum atomic E-state index is 5.76. The Kier molecular flexibility index (Phi) is 5.48. The van der Waals surface area contributed by atoms with Crippen molar-refractivity contribution in [2.75, 3.05) is 0 Å². The molecule has 0 nitrogen and oxygen atoms in total. The Labute approximate surface area is 97.0 Å². The average Bonchev–Trinajstić information content (AvgIpc) is 1.80. The summed E-state index contributed by atoms with van der Waals surface area (Å²) >= 11 is 12.5. The van der Waals surface area contributed by atoms with Crippen molar-refractivity contribution in [2.24, 2.45) is 0 Å². The van der Waals surface area contributed by atoms with E-state index in [1.54, 1.807) is 6.07 Å². The van der Waals surface area contributed by atoms with Gasteiger partial charge in [0.25, 0.3) is 0 Å². The summed E-state index contributed by atoms with van der Waals surface area (Å²) in [6.07, 6.45) is 0. The topological polar surface area (TPSA) is 0 Å². The van der Waals surface area contributed by atoms with Gasteiger partial charge in [0.2, 0.25) is 0 Å². The zero-order valence-electron chi connectivity index (χ0n) is 5.10. The number of hydrogen-bond acceptors (Lipinski definition) is 0. The van der Waals surface area contributed by atoms with Crippen molar-refractivity contribution >= 4 is 51.3 Å². The van der Waals surface area contributed by atoms with Gasteiger partial charge in [-0.05, 0) is 0 Å². The van der Waals surface area contributed by atoms with Crippen molar-refractivity contribution in [3.8, 4) is 0 Å². The fourth-order valence-electron chi connectivity index (χ4n) is 0.522. The first kappa shape index (κ1) is 11.2. The van der Waals surface area contributed by atoms with Crippen LogP contribution in [0.5, 0.6) is 0 Å². The second-order valence-electron chi connectivity index (χ2n) is 1.74. The molecule has 51 valence electrons. The molecule has 0 heterocycles. The van der Waals surface area contributed by atoms with Crippen molar-refractivity contribution in [3.63, 3.8) is 0 Å². The largest absolute Gasteiger partial charge is 0.107 e. The zero-order valence-corrected chi connectivity index (χ0v) is 11.9. The quantitative estimate of drug-likeness (QED) is 0.504. The zero-order chi connectivity index (χ0) is 6.85. The number of halogens is 3. The molecule has 10 heavy (non-hydrogen) atoms. The molecule has 4 heteroatoms. The van der Waals surface area contributed by atoms with E-state index in [1.165, 1.54) is 4.16 Å². The number of rotatable bonds is 0. The van der Waals surface area contributed by atoms with E-state index in [0.29, 0.717) is 5.02 Å². The van der Waals surface area contributed by atoms with Crippen molar-refractivity contribution < 1.29 is 18.3 Å². The minimum absolute atomic E-state index is 0. The molecule has 0 amide bonds. The number of hydrogen-bond donors (Lipinski definition) is 0. The van der Waals surface area contributed by atoms with E-state index in [1.807, 2.05) is 12.1 Å². The summed E-state index contributed by atoms with van der Waals surface area (Å²) in [4.78, 5) is 0. The van der Waals surface area contributed by atoms with Crippen LogP contribution in [0, 0.1) is 0 Å². The summed E-state index contributed by atoms with van der Waals surface area (Å²) in [7, 11) is 0. The van der Waals surface area contributed by atoms with Crippen LogP contribution in [0.15, 0.2) is 18.2 Å². The van der Waals surface area contributed by atoms with Gasteiger partial charge in [-0.3, -0.25) is 0 Å². The van der Waals surface area contributed by atoms with E-state index in [0.717, 1.165) is 23.3 Å². The van der Waals surface area contributed by atoms with Gasteiger partial charge in [0.05, 0.1) is 0 Å². The third-order valence-electron chi connectivity index (χ3n) is 1.02. The van der Waals surface area contributed by atoms with E-state index in [9.17, 15) is 0 Å². The Hall–Kier alpha value is 1.15. The van der Waals surface area contributed by atoms with E-state index in [2.05, 4.69) is 0 Å². The molecular formula is C6H4Cl2IZn. The molecule has 0 radical (unpaired) electrons. The van der Waals surface area contributed by atoms with Crippen LogP contribution >= 0.6 is 47.2 Å². The molecular weight excluding hydrogens is 335 g/mol. The molecule has 0 aliphatic carbocycles. The van der Waals surface area contributed by atoms with Gasteiger partial charge in [-0.2, -0.15) is 0 Å². The van der Waals surface area contributed by atoms with Crippen LogP contribution in [-0.2, 0) is 18.3 Å². The molecule has 0 aromatic heterocycles. The van der Waals surface area contributed by atoms with Gasteiger partial charge in [0.1, 0.15) is 0 Å². The van der Waals surface area contributed by atoms with Crippen LogP contribution in [0.2, 0.25) is 10.0 Å². The monoisotopic (exact) mass is 337 g/mol. The fraction of sp³-hybridized carbons (Fsp3) is 0. The van der Waals surface area contributed by atoms with Crippen LogP contribution in [0.4, 0.5) is 0 Å². The summed E-state index contributed by atoms with van der Waals surface area (Å²) in [6.45, 7) is 0. The second kappa shape index (κ2) is 4.92. The summed E-state index contributed by atoms with van der Waals surface area (Å²) in [5.41, 5.74) is 0. The first-order valence-corrected chi connectivity index (χ1v) is 4.71. The van der Waals surface area contributed by atoms with Crippen molar-refractivity contribution in [3.05, 3.63) is 28.2 Å². The minimum atomic E-state index is 0. The van der Waals surface area contributed by atoms with Crippen LogP contribution in [-0.4, -0.2) is 0 Å². The second-order valence-corrected chi connectivity index (χ2v) is 4.18. The van der Waals surface area contributed by atoms with Crippen LogP contribution in [0.3, 0.4) is 0 Å². The molecule has 1 aromatic rings. The minimum Gasteiger partial charge on any atom is -0.107 e. The van der Waals surface area contributed by atoms with Crippen molar-refractivity contribution in [1.29, 1.82) is 0 Å². The van der Waals surface area contributed by atoms with Gasteiger partial charge >= 0.3 is 73.9 Å². The predicted molar refractivity (Wildman–Crippen MR) is 51.5 cm³/mol. The van der Waals surface area contributed by atoms with Crippen molar-refractivity contribution in [1.82, 2.24) is 0 Å². The molecule has 0 aliphatic heterocycles. The predicted octanol–water partition coefficient (Wildman–Crippen LogP) is 2.78. The molecule has 0 N–H and O–H groups in total. The molecule has 0 atom stereocenters. The third-order valence-corrected chi connectivity index (χ3v) is 3.37. The van der Waals surface area contributed by atoms with E-state index in [4.69, 9.17) is 23.2 Å². The average molecular weight is 339 g/mol. The Morgan fingerprint density at radius 2 is 1.80 bits per heavy atom. The number of benzene rings is 1. The standard InChI is InChI=1S/C6H3Cl2.HI.Zn/c7-5-2-1-3-6(8)4-5;;/h1-2,4H;1H;. The van der Waals surface area contributed by atoms with Gasteiger partial charge in [-0.1, -0.05) is 0 Å². The molecule has 0 saturated carbocycles. The molecule has 0 spiro atoms. The van der Waals surface area contributed by atoms with Gasteiger partial charge in [-0.25, -0.2) is 0 Å². The first-order valence-electron chi connectivity index (χ1n) is 2.47. The van der Waals surface area contributed by atoms with Crippen LogP contribution in [0.1, 0.15) is 0 Å². The third kappa shape index (κ3) is 3.04. The summed E-state index contributed by atoms with van der Waals surface area (Å²) in [6, 6.07) is 5.57. The van der Waals surface area contributed by atoms with E-state index >= 15 is 0 Å². The van der Waals surface area contributed by atoms with Crippen molar-refractivity contribution in [2.45, 2.75) is 0 Å². The molecule has 0 unspecified atom stereocenters. The molecule has 0 bridgehead atoms. The smallest absolute Gasteiger partial charge is 0.107 e.